The molecular formula is C18H16O2. The standard InChI is InChI=1S/C18H16O2/c1-12-7-13(2)9-14(8-12)10-17(19)16-11-20-18-6-4-3-5-15(16)18/h3-9,11H,10H2,1-2H3. The van der Waals surface area contributed by atoms with E-state index in [-0.39, 0.29) is 5.78 Å². The van der Waals surface area contributed by atoms with Gasteiger partial charge >= 0.3 is 0 Å². The molecule has 3 aromatic rings. The topological polar surface area (TPSA) is 30.2 Å². The van der Waals surface area contributed by atoms with Gasteiger partial charge in [-0.25, -0.2) is 0 Å². The zero-order valence-electron chi connectivity index (χ0n) is 11.6. The average molecular weight is 264 g/mol. The van der Waals surface area contributed by atoms with E-state index >= 15 is 0 Å². The number of fused-ring (bicyclic) bond motifs is 1. The van der Waals surface area contributed by atoms with Gasteiger partial charge in [0.15, 0.2) is 5.78 Å². The third-order valence-corrected chi connectivity index (χ3v) is 3.43. The molecule has 0 aliphatic heterocycles. The molecule has 0 N–H and O–H groups in total. The minimum Gasteiger partial charge on any atom is -0.464 e. The Hall–Kier alpha value is -2.35. The van der Waals surface area contributed by atoms with Gasteiger partial charge in [-0.15, -0.1) is 0 Å². The van der Waals surface area contributed by atoms with Crippen LogP contribution in [0.5, 0.6) is 0 Å². The highest BCUT2D eigenvalue weighted by atomic mass is 16.3. The molecule has 0 bridgehead atoms. The molecule has 0 saturated carbocycles. The molecule has 0 amide bonds. The number of ketones is 1. The van der Waals surface area contributed by atoms with Crippen LogP contribution in [0.25, 0.3) is 11.0 Å². The molecule has 0 spiro atoms. The predicted octanol–water partition coefficient (Wildman–Crippen LogP) is 4.48. The Bertz CT molecular complexity index is 761. The lowest BCUT2D eigenvalue weighted by Crippen LogP contribution is -2.03. The van der Waals surface area contributed by atoms with Crippen molar-refractivity contribution < 1.29 is 9.21 Å². The lowest BCUT2D eigenvalue weighted by Gasteiger charge is -2.04. The smallest absolute Gasteiger partial charge is 0.171 e. The fourth-order valence-electron chi connectivity index (χ4n) is 2.65. The van der Waals surface area contributed by atoms with Crippen molar-refractivity contribution in [3.63, 3.8) is 0 Å². The minimum absolute atomic E-state index is 0.0972. The van der Waals surface area contributed by atoms with Crippen LogP contribution >= 0.6 is 0 Å². The van der Waals surface area contributed by atoms with Gasteiger partial charge in [0, 0.05) is 11.8 Å². The number of benzene rings is 2. The van der Waals surface area contributed by atoms with E-state index < -0.39 is 0 Å². The van der Waals surface area contributed by atoms with Gasteiger partial charge in [0.05, 0.1) is 5.56 Å². The van der Waals surface area contributed by atoms with Crippen molar-refractivity contribution in [2.75, 3.05) is 0 Å². The molecule has 0 atom stereocenters. The molecule has 1 heterocycles. The zero-order valence-corrected chi connectivity index (χ0v) is 11.6. The Morgan fingerprint density at radius 1 is 1.05 bits per heavy atom. The van der Waals surface area contributed by atoms with Gasteiger partial charge < -0.3 is 4.42 Å². The highest BCUT2D eigenvalue weighted by molar-refractivity contribution is 6.07. The number of hydrogen-bond acceptors (Lipinski definition) is 2. The van der Waals surface area contributed by atoms with Crippen LogP contribution in [-0.2, 0) is 6.42 Å². The average Bonchev–Trinajstić information content (AvgIpc) is 2.81. The molecule has 2 nitrogen and oxygen atoms in total. The minimum atomic E-state index is 0.0972. The van der Waals surface area contributed by atoms with Gasteiger partial charge in [-0.3, -0.25) is 4.79 Å². The van der Waals surface area contributed by atoms with Crippen LogP contribution in [0.2, 0.25) is 0 Å². The first-order valence-electron chi connectivity index (χ1n) is 6.70. The first-order chi connectivity index (χ1) is 9.63. The van der Waals surface area contributed by atoms with E-state index in [1.165, 1.54) is 11.1 Å². The van der Waals surface area contributed by atoms with Crippen molar-refractivity contribution in [3.05, 3.63) is 71.0 Å². The van der Waals surface area contributed by atoms with E-state index in [0.29, 0.717) is 12.0 Å². The lowest BCUT2D eigenvalue weighted by molar-refractivity contribution is 0.0993. The van der Waals surface area contributed by atoms with Gasteiger partial charge in [-0.05, 0) is 25.5 Å². The van der Waals surface area contributed by atoms with Crippen molar-refractivity contribution in [2.45, 2.75) is 20.3 Å². The Kier molecular flexibility index (Phi) is 3.15. The molecule has 2 heteroatoms. The normalized spacial score (nSPS) is 10.9. The van der Waals surface area contributed by atoms with Gasteiger partial charge in [0.25, 0.3) is 0 Å². The number of para-hydroxylation sites is 1. The van der Waals surface area contributed by atoms with Crippen molar-refractivity contribution in [1.82, 2.24) is 0 Å². The van der Waals surface area contributed by atoms with Crippen LogP contribution in [0.15, 0.2) is 53.1 Å². The summed E-state index contributed by atoms with van der Waals surface area (Å²) >= 11 is 0. The molecule has 0 fully saturated rings. The number of hydrogen-bond donors (Lipinski definition) is 0. The fraction of sp³-hybridized carbons (Fsp3) is 0.167. The monoisotopic (exact) mass is 264 g/mol. The lowest BCUT2D eigenvalue weighted by atomic mass is 9.99. The Labute approximate surface area is 118 Å². The second-order valence-corrected chi connectivity index (χ2v) is 5.24. The summed E-state index contributed by atoms with van der Waals surface area (Å²) in [6, 6.07) is 13.9. The summed E-state index contributed by atoms with van der Waals surface area (Å²) in [5.74, 6) is 0.0972. The summed E-state index contributed by atoms with van der Waals surface area (Å²) in [6.07, 6.45) is 1.97. The quantitative estimate of drug-likeness (QED) is 0.653. The molecule has 0 radical (unpaired) electrons. The molecule has 2 aromatic carbocycles. The fourth-order valence-corrected chi connectivity index (χ4v) is 2.65. The maximum atomic E-state index is 12.5. The number of Topliss-reactive ketones (excluding diaryl/α,β-unsaturated/α-hetero) is 1. The molecule has 0 aliphatic carbocycles. The summed E-state index contributed by atoms with van der Waals surface area (Å²) in [5.41, 5.74) is 4.85. The number of carbonyl (C=O) groups excluding carboxylic acids is 1. The largest absolute Gasteiger partial charge is 0.464 e. The molecule has 0 unspecified atom stereocenters. The summed E-state index contributed by atoms with van der Waals surface area (Å²) in [4.78, 5) is 12.5. The molecular weight excluding hydrogens is 248 g/mol. The highest BCUT2D eigenvalue weighted by Crippen LogP contribution is 2.22. The third kappa shape index (κ3) is 2.37. The molecule has 0 saturated heterocycles. The predicted molar refractivity (Wildman–Crippen MR) is 80.2 cm³/mol. The number of carbonyl (C=O) groups is 1. The van der Waals surface area contributed by atoms with Gasteiger partial charge in [-0.1, -0.05) is 47.5 Å². The second kappa shape index (κ2) is 4.97. The van der Waals surface area contributed by atoms with Crippen molar-refractivity contribution in [3.8, 4) is 0 Å². The number of furan rings is 1. The van der Waals surface area contributed by atoms with E-state index in [9.17, 15) is 4.79 Å². The summed E-state index contributed by atoms with van der Waals surface area (Å²) < 4.78 is 5.43. The Morgan fingerprint density at radius 3 is 2.50 bits per heavy atom. The SMILES string of the molecule is Cc1cc(C)cc(CC(=O)c2coc3ccccc23)c1. The first-order valence-corrected chi connectivity index (χ1v) is 6.70. The van der Waals surface area contributed by atoms with Crippen LogP contribution in [-0.4, -0.2) is 5.78 Å². The number of rotatable bonds is 3. The Balaban J connectivity index is 1.93. The van der Waals surface area contributed by atoms with Crippen LogP contribution in [0, 0.1) is 13.8 Å². The van der Waals surface area contributed by atoms with Gasteiger partial charge in [0.2, 0.25) is 0 Å². The molecule has 3 rings (SSSR count). The molecule has 100 valence electrons. The van der Waals surface area contributed by atoms with E-state index in [0.717, 1.165) is 16.5 Å². The van der Waals surface area contributed by atoms with Crippen LogP contribution < -0.4 is 0 Å². The highest BCUT2D eigenvalue weighted by Gasteiger charge is 2.14. The van der Waals surface area contributed by atoms with E-state index in [1.807, 2.05) is 38.1 Å². The first kappa shape index (κ1) is 12.7. The second-order valence-electron chi connectivity index (χ2n) is 5.24. The van der Waals surface area contributed by atoms with Crippen molar-refractivity contribution in [2.24, 2.45) is 0 Å². The molecule has 20 heavy (non-hydrogen) atoms. The molecule has 1 aromatic heterocycles. The maximum absolute atomic E-state index is 12.5. The summed E-state index contributed by atoms with van der Waals surface area (Å²) in [6.45, 7) is 4.10. The van der Waals surface area contributed by atoms with E-state index in [2.05, 4.69) is 18.2 Å². The van der Waals surface area contributed by atoms with Crippen molar-refractivity contribution >= 4 is 16.8 Å². The van der Waals surface area contributed by atoms with E-state index in [1.54, 1.807) is 6.26 Å². The van der Waals surface area contributed by atoms with Crippen LogP contribution in [0.4, 0.5) is 0 Å². The third-order valence-electron chi connectivity index (χ3n) is 3.43. The summed E-state index contributed by atoms with van der Waals surface area (Å²) in [5, 5.41) is 0.891. The summed E-state index contributed by atoms with van der Waals surface area (Å²) in [7, 11) is 0. The number of aryl methyl sites for hydroxylation is 2. The van der Waals surface area contributed by atoms with Gasteiger partial charge in [0.1, 0.15) is 11.8 Å². The molecule has 0 aliphatic rings. The maximum Gasteiger partial charge on any atom is 0.171 e. The zero-order chi connectivity index (χ0) is 14.1. The van der Waals surface area contributed by atoms with Crippen molar-refractivity contribution in [1.29, 1.82) is 0 Å². The van der Waals surface area contributed by atoms with Crippen LogP contribution in [0.3, 0.4) is 0 Å². The van der Waals surface area contributed by atoms with Crippen LogP contribution in [0.1, 0.15) is 27.0 Å². The van der Waals surface area contributed by atoms with E-state index in [4.69, 9.17) is 4.42 Å². The Morgan fingerprint density at radius 2 is 1.75 bits per heavy atom. The van der Waals surface area contributed by atoms with Gasteiger partial charge in [-0.2, -0.15) is 0 Å².